The maximum absolute atomic E-state index is 7.84. The molecule has 4 heterocycles. The van der Waals surface area contributed by atoms with E-state index in [1.165, 1.54) is 28.6 Å². The summed E-state index contributed by atoms with van der Waals surface area (Å²) in [6, 6.07) is 7.93. The summed E-state index contributed by atoms with van der Waals surface area (Å²) < 4.78 is 1.18. The van der Waals surface area contributed by atoms with Gasteiger partial charge in [0.25, 0.3) is 0 Å². The maximum Gasteiger partial charge on any atom is 0.162 e. The number of thiophene rings is 1. The number of nitrogens with one attached hydrogen (secondary N) is 1. The summed E-state index contributed by atoms with van der Waals surface area (Å²) in [4.78, 5) is 18.6. The average molecular weight is 436 g/mol. The van der Waals surface area contributed by atoms with Gasteiger partial charge in [-0.05, 0) is 32.0 Å². The van der Waals surface area contributed by atoms with Crippen LogP contribution in [0.5, 0.6) is 0 Å². The Labute approximate surface area is 187 Å². The number of piperazine rings is 1. The summed E-state index contributed by atoms with van der Waals surface area (Å²) >= 11 is 1.83. The molecular weight excluding hydrogens is 406 g/mol. The molecule has 2 aromatic heterocycles. The van der Waals surface area contributed by atoms with E-state index in [2.05, 4.69) is 27.8 Å². The van der Waals surface area contributed by atoms with Crippen molar-refractivity contribution in [2.45, 2.75) is 19.4 Å². The number of nitrogens with zero attached hydrogens (tertiary/aromatic N) is 5. The van der Waals surface area contributed by atoms with Crippen LogP contribution in [0.1, 0.15) is 23.3 Å². The minimum atomic E-state index is 0.583. The first-order valence-electron chi connectivity index (χ1n) is 11.0. The summed E-state index contributed by atoms with van der Waals surface area (Å²) in [5.74, 6) is 1.69. The lowest BCUT2D eigenvalue weighted by molar-refractivity contribution is 0.149. The van der Waals surface area contributed by atoms with Gasteiger partial charge in [-0.15, -0.1) is 11.3 Å². The Morgan fingerprint density at radius 1 is 1.10 bits per heavy atom. The van der Waals surface area contributed by atoms with E-state index in [-0.39, 0.29) is 0 Å². The fourth-order valence-electron chi connectivity index (χ4n) is 4.47. The molecule has 0 aliphatic carbocycles. The monoisotopic (exact) mass is 435 g/mol. The maximum atomic E-state index is 7.84. The predicted octanol–water partition coefficient (Wildman–Crippen LogP) is 3.29. The number of nitrogens with two attached hydrogens (primary N) is 1. The molecule has 3 N–H and O–H groups in total. The highest BCUT2D eigenvalue weighted by Crippen LogP contribution is 2.36. The number of aromatic nitrogens is 2. The highest BCUT2D eigenvalue weighted by Gasteiger charge is 2.23. The molecule has 0 saturated carbocycles. The molecule has 2 aliphatic rings. The normalized spacial score (nSPS) is 18.2. The molecule has 0 atom stereocenters. The third-order valence-electron chi connectivity index (χ3n) is 6.31. The van der Waals surface area contributed by atoms with Gasteiger partial charge in [0.1, 0.15) is 0 Å². The summed E-state index contributed by atoms with van der Waals surface area (Å²) in [7, 11) is 2.19. The third-order valence-corrected chi connectivity index (χ3v) is 7.42. The molecule has 8 heteroatoms. The molecule has 3 aromatic rings. The van der Waals surface area contributed by atoms with Crippen molar-refractivity contribution < 1.29 is 0 Å². The van der Waals surface area contributed by atoms with Crippen molar-refractivity contribution in [1.29, 1.82) is 5.41 Å². The lowest BCUT2D eigenvalue weighted by Crippen LogP contribution is -2.43. The van der Waals surface area contributed by atoms with Gasteiger partial charge in [0.05, 0.1) is 10.2 Å². The van der Waals surface area contributed by atoms with Crippen LogP contribution in [0.4, 0.5) is 11.5 Å². The third kappa shape index (κ3) is 4.03. The second-order valence-electron chi connectivity index (χ2n) is 8.52. The van der Waals surface area contributed by atoms with Crippen LogP contribution in [-0.2, 0) is 6.54 Å². The minimum Gasteiger partial charge on any atom is -0.398 e. The van der Waals surface area contributed by atoms with Crippen LogP contribution >= 0.6 is 11.3 Å². The van der Waals surface area contributed by atoms with Crippen molar-refractivity contribution in [2.24, 2.45) is 0 Å². The molecule has 162 valence electrons. The molecular formula is C23H29N7S. The lowest BCUT2D eigenvalue weighted by Gasteiger charge is -2.31. The average Bonchev–Trinajstić information content (AvgIpc) is 3.44. The smallest absolute Gasteiger partial charge is 0.162 e. The van der Waals surface area contributed by atoms with Crippen LogP contribution in [0.2, 0.25) is 0 Å². The first kappa shape index (κ1) is 20.4. The molecule has 5 rings (SSSR count). The van der Waals surface area contributed by atoms with Crippen molar-refractivity contribution in [3.8, 4) is 11.4 Å². The van der Waals surface area contributed by atoms with E-state index < -0.39 is 0 Å². The van der Waals surface area contributed by atoms with Gasteiger partial charge in [-0.3, -0.25) is 4.90 Å². The van der Waals surface area contributed by atoms with Gasteiger partial charge < -0.3 is 20.9 Å². The SMILES string of the molecule is CN1CCN(Cc2cc3nc(-c4cccc(N)c4C=N)nc(N4CCCC4)c3s2)CC1. The fourth-order valence-corrected chi connectivity index (χ4v) is 5.63. The Balaban J connectivity index is 1.57. The van der Waals surface area contributed by atoms with E-state index in [0.717, 1.165) is 62.7 Å². The Bertz CT molecular complexity index is 1090. The molecule has 2 fully saturated rings. The number of hydrogen-bond acceptors (Lipinski definition) is 8. The van der Waals surface area contributed by atoms with Crippen molar-refractivity contribution in [2.75, 3.05) is 56.9 Å². The van der Waals surface area contributed by atoms with E-state index in [0.29, 0.717) is 17.1 Å². The molecule has 2 saturated heterocycles. The van der Waals surface area contributed by atoms with E-state index >= 15 is 0 Å². The van der Waals surface area contributed by atoms with E-state index in [4.69, 9.17) is 21.1 Å². The number of nitrogen functional groups attached to an aromatic ring is 1. The standard InChI is InChI=1S/C23H29N7S/c1-28-9-11-29(12-10-28)15-16-13-20-21(31-16)23(30-7-2-3-8-30)27-22(26-20)17-5-4-6-19(25)18(17)14-24/h4-6,13-14,24H,2-3,7-12,15,25H2,1H3. The van der Waals surface area contributed by atoms with Crippen LogP contribution in [0.3, 0.4) is 0 Å². The molecule has 0 spiro atoms. The van der Waals surface area contributed by atoms with Gasteiger partial charge >= 0.3 is 0 Å². The Morgan fingerprint density at radius 3 is 2.61 bits per heavy atom. The zero-order valence-corrected chi connectivity index (χ0v) is 18.8. The number of benzene rings is 1. The molecule has 0 unspecified atom stereocenters. The highest BCUT2D eigenvalue weighted by atomic mass is 32.1. The number of anilines is 2. The van der Waals surface area contributed by atoms with Crippen molar-refractivity contribution >= 4 is 39.3 Å². The van der Waals surface area contributed by atoms with Crippen molar-refractivity contribution in [1.82, 2.24) is 19.8 Å². The lowest BCUT2D eigenvalue weighted by atomic mass is 10.1. The van der Waals surface area contributed by atoms with E-state index in [1.54, 1.807) is 0 Å². The van der Waals surface area contributed by atoms with Crippen LogP contribution in [0, 0.1) is 5.41 Å². The molecule has 2 aliphatic heterocycles. The van der Waals surface area contributed by atoms with Crippen LogP contribution < -0.4 is 10.6 Å². The first-order chi connectivity index (χ1) is 15.1. The first-order valence-corrected chi connectivity index (χ1v) is 11.8. The second-order valence-corrected chi connectivity index (χ2v) is 9.66. The topological polar surface area (TPSA) is 85.4 Å². The summed E-state index contributed by atoms with van der Waals surface area (Å²) in [6.45, 7) is 7.48. The predicted molar refractivity (Wildman–Crippen MR) is 129 cm³/mol. The van der Waals surface area contributed by atoms with E-state index in [9.17, 15) is 0 Å². The molecule has 0 amide bonds. The van der Waals surface area contributed by atoms with Crippen molar-refractivity contribution in [3.63, 3.8) is 0 Å². The zero-order chi connectivity index (χ0) is 21.4. The summed E-state index contributed by atoms with van der Waals surface area (Å²) in [6.07, 6.45) is 3.70. The molecule has 31 heavy (non-hydrogen) atoms. The zero-order valence-electron chi connectivity index (χ0n) is 18.0. The Hall–Kier alpha value is -2.55. The number of fused-ring (bicyclic) bond motifs is 1. The Morgan fingerprint density at radius 2 is 1.87 bits per heavy atom. The summed E-state index contributed by atoms with van der Waals surface area (Å²) in [5, 5.41) is 7.84. The molecule has 0 radical (unpaired) electrons. The number of likely N-dealkylation sites (N-methyl/N-ethyl adjacent to an activating group) is 1. The minimum absolute atomic E-state index is 0.583. The largest absolute Gasteiger partial charge is 0.398 e. The van der Waals surface area contributed by atoms with Crippen LogP contribution in [0.25, 0.3) is 21.6 Å². The van der Waals surface area contributed by atoms with Gasteiger partial charge in [0, 0.05) is 73.7 Å². The molecule has 1 aromatic carbocycles. The van der Waals surface area contributed by atoms with Crippen LogP contribution in [0.15, 0.2) is 24.3 Å². The fraction of sp³-hybridized carbons (Fsp3) is 0.435. The Kier molecular flexibility index (Phi) is 5.60. The quantitative estimate of drug-likeness (QED) is 0.473. The van der Waals surface area contributed by atoms with Gasteiger partial charge in [-0.1, -0.05) is 12.1 Å². The molecule has 7 nitrogen and oxygen atoms in total. The van der Waals surface area contributed by atoms with Gasteiger partial charge in [0.15, 0.2) is 11.6 Å². The van der Waals surface area contributed by atoms with Gasteiger partial charge in [0.2, 0.25) is 0 Å². The number of hydrogen-bond donors (Lipinski definition) is 2. The highest BCUT2D eigenvalue weighted by molar-refractivity contribution is 7.19. The molecule has 0 bridgehead atoms. The van der Waals surface area contributed by atoms with Gasteiger partial charge in [-0.25, -0.2) is 9.97 Å². The van der Waals surface area contributed by atoms with Gasteiger partial charge in [-0.2, -0.15) is 0 Å². The number of rotatable bonds is 5. The van der Waals surface area contributed by atoms with E-state index in [1.807, 2.05) is 29.5 Å². The van der Waals surface area contributed by atoms with Crippen molar-refractivity contribution in [3.05, 3.63) is 34.7 Å². The summed E-state index contributed by atoms with van der Waals surface area (Å²) in [5.41, 5.74) is 9.22. The van der Waals surface area contributed by atoms with Crippen LogP contribution in [-0.4, -0.2) is 72.3 Å². The second kappa shape index (κ2) is 8.53.